The minimum atomic E-state index is -0.631. The van der Waals surface area contributed by atoms with E-state index in [0.717, 1.165) is 27.0 Å². The fraction of sp³-hybridized carbons (Fsp3) is 0.304. The van der Waals surface area contributed by atoms with Crippen LogP contribution in [0, 0.1) is 0 Å². The normalized spacial score (nSPS) is 13.0. The summed E-state index contributed by atoms with van der Waals surface area (Å²) in [5, 5.41) is 11.0. The lowest BCUT2D eigenvalue weighted by atomic mass is 9.94. The van der Waals surface area contributed by atoms with E-state index in [9.17, 15) is 9.90 Å². The van der Waals surface area contributed by atoms with Crippen LogP contribution in [0.15, 0.2) is 59.6 Å². The first-order valence-electron chi connectivity index (χ1n) is 10.1. The fourth-order valence-electron chi connectivity index (χ4n) is 3.29. The molecule has 0 aliphatic rings. The summed E-state index contributed by atoms with van der Waals surface area (Å²) in [4.78, 5) is 19.6. The predicted octanol–water partition coefficient (Wildman–Crippen LogP) is 4.43. The van der Waals surface area contributed by atoms with E-state index in [1.807, 2.05) is 48.5 Å². The number of aryl methyl sites for hydroxylation is 1. The van der Waals surface area contributed by atoms with E-state index >= 15 is 0 Å². The Morgan fingerprint density at radius 2 is 2.10 bits per heavy atom. The zero-order valence-corrected chi connectivity index (χ0v) is 18.8. The standard InChI is InChI=1S/C23H26ClN3O3S/c1-15(28)19(23-26-14-20(27-23)22(25)29)10-9-16-5-2-3-8-21(16)30-11-12-31-18-7-4-6-17(24)13-18/h2-8,13-15,19,28H,9-12H2,1H3,(H2,25,29)(H,26,27)/t15-,19-/m0/s1. The number of aliphatic hydroxyl groups excluding tert-OH is 1. The zero-order chi connectivity index (χ0) is 22.2. The number of H-pyrrole nitrogens is 1. The molecule has 0 aliphatic heterocycles. The third kappa shape index (κ3) is 6.75. The number of imidazole rings is 1. The summed E-state index contributed by atoms with van der Waals surface area (Å²) in [7, 11) is 0. The van der Waals surface area contributed by atoms with Gasteiger partial charge in [-0.15, -0.1) is 11.8 Å². The average Bonchev–Trinajstić information content (AvgIpc) is 3.22. The number of amides is 1. The Morgan fingerprint density at radius 3 is 2.81 bits per heavy atom. The summed E-state index contributed by atoms with van der Waals surface area (Å²) in [6.45, 7) is 2.28. The van der Waals surface area contributed by atoms with Gasteiger partial charge in [-0.2, -0.15) is 0 Å². The van der Waals surface area contributed by atoms with Gasteiger partial charge in [0.05, 0.1) is 18.9 Å². The van der Waals surface area contributed by atoms with E-state index in [1.54, 1.807) is 18.7 Å². The number of nitrogens with zero attached hydrogens (tertiary/aromatic N) is 1. The Bertz CT molecular complexity index is 1010. The number of halogens is 1. The molecule has 0 unspecified atom stereocenters. The van der Waals surface area contributed by atoms with Crippen LogP contribution in [-0.4, -0.2) is 39.4 Å². The molecule has 2 aromatic carbocycles. The zero-order valence-electron chi connectivity index (χ0n) is 17.3. The number of aromatic amines is 1. The van der Waals surface area contributed by atoms with Crippen LogP contribution >= 0.6 is 23.4 Å². The third-order valence-corrected chi connectivity index (χ3v) is 6.09. The Morgan fingerprint density at radius 1 is 1.29 bits per heavy atom. The molecule has 4 N–H and O–H groups in total. The first kappa shape index (κ1) is 23.2. The Balaban J connectivity index is 1.57. The van der Waals surface area contributed by atoms with Crippen molar-refractivity contribution in [3.8, 4) is 5.75 Å². The molecule has 0 fully saturated rings. The second-order valence-corrected chi connectivity index (χ2v) is 8.80. The molecule has 1 heterocycles. The molecule has 0 saturated heterocycles. The summed E-state index contributed by atoms with van der Waals surface area (Å²) in [6.07, 6.45) is 2.11. The lowest BCUT2D eigenvalue weighted by Crippen LogP contribution is -2.18. The monoisotopic (exact) mass is 459 g/mol. The molecule has 1 aromatic heterocycles. The molecule has 6 nitrogen and oxygen atoms in total. The van der Waals surface area contributed by atoms with Crippen molar-refractivity contribution in [2.45, 2.75) is 36.7 Å². The largest absolute Gasteiger partial charge is 0.492 e. The van der Waals surface area contributed by atoms with Crippen LogP contribution in [0.3, 0.4) is 0 Å². The lowest BCUT2D eigenvalue weighted by Gasteiger charge is -2.19. The number of carbonyl (C=O) groups is 1. The highest BCUT2D eigenvalue weighted by atomic mass is 35.5. The van der Waals surface area contributed by atoms with Crippen molar-refractivity contribution in [3.05, 3.63) is 76.8 Å². The highest BCUT2D eigenvalue weighted by Crippen LogP contribution is 2.27. The molecule has 0 aliphatic carbocycles. The Hall–Kier alpha value is -2.48. The van der Waals surface area contributed by atoms with Crippen LogP contribution < -0.4 is 10.5 Å². The molecule has 8 heteroatoms. The number of nitrogens with two attached hydrogens (primary N) is 1. The van der Waals surface area contributed by atoms with Crippen molar-refractivity contribution >= 4 is 29.3 Å². The van der Waals surface area contributed by atoms with Crippen LogP contribution in [0.25, 0.3) is 0 Å². The molecule has 0 radical (unpaired) electrons. The molecular weight excluding hydrogens is 434 g/mol. The van der Waals surface area contributed by atoms with E-state index in [4.69, 9.17) is 22.1 Å². The minimum absolute atomic E-state index is 0.238. The number of nitrogens with one attached hydrogen (secondary N) is 1. The first-order valence-corrected chi connectivity index (χ1v) is 11.4. The van der Waals surface area contributed by atoms with Crippen molar-refractivity contribution in [1.29, 1.82) is 0 Å². The van der Waals surface area contributed by atoms with Gasteiger partial charge in [0, 0.05) is 21.6 Å². The number of aliphatic hydroxyl groups is 1. The van der Waals surface area contributed by atoms with Crippen LogP contribution in [0.5, 0.6) is 5.75 Å². The van der Waals surface area contributed by atoms with E-state index < -0.39 is 12.0 Å². The summed E-state index contributed by atoms with van der Waals surface area (Å²) in [6, 6.07) is 15.7. The summed E-state index contributed by atoms with van der Waals surface area (Å²) < 4.78 is 6.02. The topological polar surface area (TPSA) is 101 Å². The molecule has 3 aromatic rings. The van der Waals surface area contributed by atoms with E-state index in [0.29, 0.717) is 25.3 Å². The number of rotatable bonds is 11. The number of hydrogen-bond donors (Lipinski definition) is 3. The quantitative estimate of drug-likeness (QED) is 0.291. The number of aromatic nitrogens is 2. The van der Waals surface area contributed by atoms with Crippen LogP contribution in [0.1, 0.15) is 41.1 Å². The molecule has 1 amide bonds. The number of primary amides is 1. The molecule has 164 valence electrons. The maximum atomic E-state index is 11.3. The highest BCUT2D eigenvalue weighted by Gasteiger charge is 2.22. The molecule has 2 atom stereocenters. The highest BCUT2D eigenvalue weighted by molar-refractivity contribution is 7.99. The smallest absolute Gasteiger partial charge is 0.266 e. The Kier molecular flexibility index (Phi) is 8.40. The molecule has 0 bridgehead atoms. The molecule has 31 heavy (non-hydrogen) atoms. The lowest BCUT2D eigenvalue weighted by molar-refractivity contribution is 0.0995. The van der Waals surface area contributed by atoms with Gasteiger partial charge in [-0.05, 0) is 49.6 Å². The van der Waals surface area contributed by atoms with Gasteiger partial charge in [-0.3, -0.25) is 4.79 Å². The van der Waals surface area contributed by atoms with Gasteiger partial charge in [0.15, 0.2) is 0 Å². The molecule has 3 rings (SSSR count). The van der Waals surface area contributed by atoms with Gasteiger partial charge < -0.3 is 20.6 Å². The van der Waals surface area contributed by atoms with Gasteiger partial charge in [-0.1, -0.05) is 35.9 Å². The van der Waals surface area contributed by atoms with Crippen molar-refractivity contribution in [3.63, 3.8) is 0 Å². The van der Waals surface area contributed by atoms with Gasteiger partial charge >= 0.3 is 0 Å². The van der Waals surface area contributed by atoms with Gasteiger partial charge in [0.2, 0.25) is 0 Å². The molecular formula is C23H26ClN3O3S. The summed E-state index contributed by atoms with van der Waals surface area (Å²) in [5.41, 5.74) is 6.59. The van der Waals surface area contributed by atoms with Crippen LogP contribution in [0.4, 0.5) is 0 Å². The molecule has 0 spiro atoms. The van der Waals surface area contributed by atoms with Gasteiger partial charge in [-0.25, -0.2) is 4.98 Å². The Labute approximate surface area is 191 Å². The number of para-hydroxylation sites is 1. The number of hydrogen-bond acceptors (Lipinski definition) is 5. The number of thioether (sulfide) groups is 1. The van der Waals surface area contributed by atoms with Crippen molar-refractivity contribution in [2.24, 2.45) is 5.73 Å². The first-order chi connectivity index (χ1) is 14.9. The number of carbonyl (C=O) groups excluding carboxylic acids is 1. The van der Waals surface area contributed by atoms with E-state index in [2.05, 4.69) is 9.97 Å². The summed E-state index contributed by atoms with van der Waals surface area (Å²) in [5.74, 6) is 1.36. The van der Waals surface area contributed by atoms with Crippen molar-refractivity contribution in [2.75, 3.05) is 12.4 Å². The summed E-state index contributed by atoms with van der Waals surface area (Å²) >= 11 is 7.72. The van der Waals surface area contributed by atoms with Crippen LogP contribution in [0.2, 0.25) is 5.02 Å². The van der Waals surface area contributed by atoms with Gasteiger partial charge in [0.1, 0.15) is 17.3 Å². The van der Waals surface area contributed by atoms with E-state index in [-0.39, 0.29) is 11.6 Å². The maximum Gasteiger partial charge on any atom is 0.266 e. The van der Waals surface area contributed by atoms with Gasteiger partial charge in [0.25, 0.3) is 5.91 Å². The SMILES string of the molecule is C[C@H](O)[C@H](CCc1ccccc1OCCSc1cccc(Cl)c1)c1ncc(C(N)=O)[nH]1. The maximum absolute atomic E-state index is 11.3. The number of ether oxygens (including phenoxy) is 1. The third-order valence-electron chi connectivity index (χ3n) is 4.90. The number of benzene rings is 2. The minimum Gasteiger partial charge on any atom is -0.492 e. The second-order valence-electron chi connectivity index (χ2n) is 7.19. The van der Waals surface area contributed by atoms with Crippen molar-refractivity contribution in [1.82, 2.24) is 9.97 Å². The molecule has 0 saturated carbocycles. The van der Waals surface area contributed by atoms with Crippen molar-refractivity contribution < 1.29 is 14.6 Å². The second kappa shape index (κ2) is 11.2. The predicted molar refractivity (Wildman–Crippen MR) is 124 cm³/mol. The average molecular weight is 460 g/mol. The van der Waals surface area contributed by atoms with Crippen LogP contribution in [-0.2, 0) is 6.42 Å². The fourth-order valence-corrected chi connectivity index (χ4v) is 4.33. The van der Waals surface area contributed by atoms with E-state index in [1.165, 1.54) is 6.20 Å².